The summed E-state index contributed by atoms with van der Waals surface area (Å²) < 4.78 is 0. The maximum absolute atomic E-state index is 13.7. The van der Waals surface area contributed by atoms with Gasteiger partial charge in [0.15, 0.2) is 5.54 Å². The highest BCUT2D eigenvalue weighted by Crippen LogP contribution is 2.49. The maximum atomic E-state index is 13.7. The number of amides is 3. The number of aromatic nitrogens is 1. The van der Waals surface area contributed by atoms with E-state index >= 15 is 0 Å². The van der Waals surface area contributed by atoms with E-state index in [0.717, 1.165) is 59.1 Å². The predicted octanol–water partition coefficient (Wildman–Crippen LogP) is 4.26. The molecule has 3 amide bonds. The number of hydrogen-bond acceptors (Lipinski definition) is 2. The summed E-state index contributed by atoms with van der Waals surface area (Å²) in [5.41, 5.74) is 3.38. The van der Waals surface area contributed by atoms with Crippen LogP contribution in [-0.4, -0.2) is 34.4 Å². The van der Waals surface area contributed by atoms with Crippen LogP contribution in [0.1, 0.15) is 48.9 Å². The number of nitrogens with one attached hydrogen (secondary N) is 3. The fourth-order valence-electron chi connectivity index (χ4n) is 5.81. The molecule has 31 heavy (non-hydrogen) atoms. The Kier molecular flexibility index (Phi) is 4.10. The van der Waals surface area contributed by atoms with Crippen LogP contribution in [0, 0.1) is 0 Å². The Bertz CT molecular complexity index is 1190. The second kappa shape index (κ2) is 6.87. The molecule has 1 aromatic heterocycles. The summed E-state index contributed by atoms with van der Waals surface area (Å²) in [6.45, 7) is 0.495. The van der Waals surface area contributed by atoms with Crippen molar-refractivity contribution < 1.29 is 9.59 Å². The van der Waals surface area contributed by atoms with Gasteiger partial charge in [0, 0.05) is 34.7 Å². The minimum Gasteiger partial charge on any atom is -0.355 e. The van der Waals surface area contributed by atoms with Crippen LogP contribution < -0.4 is 10.6 Å². The normalized spacial score (nSPS) is 23.0. The van der Waals surface area contributed by atoms with Gasteiger partial charge in [0.1, 0.15) is 0 Å². The van der Waals surface area contributed by atoms with Crippen LogP contribution in [0.2, 0.25) is 0 Å². The highest BCUT2D eigenvalue weighted by atomic mass is 16.2. The van der Waals surface area contributed by atoms with Gasteiger partial charge >= 0.3 is 6.03 Å². The molecular weight excluding hydrogens is 388 g/mol. The van der Waals surface area contributed by atoms with Crippen molar-refractivity contribution in [3.63, 3.8) is 0 Å². The lowest BCUT2D eigenvalue weighted by Crippen LogP contribution is -2.61. The van der Waals surface area contributed by atoms with Crippen LogP contribution in [0.5, 0.6) is 0 Å². The van der Waals surface area contributed by atoms with Gasteiger partial charge < -0.3 is 20.5 Å². The van der Waals surface area contributed by atoms with Crippen molar-refractivity contribution in [3.05, 3.63) is 65.4 Å². The minimum absolute atomic E-state index is 0.150. The van der Waals surface area contributed by atoms with E-state index in [-0.39, 0.29) is 18.0 Å². The zero-order valence-corrected chi connectivity index (χ0v) is 17.4. The summed E-state index contributed by atoms with van der Waals surface area (Å²) in [7, 11) is 0. The van der Waals surface area contributed by atoms with Crippen LogP contribution >= 0.6 is 0 Å². The molecule has 0 bridgehead atoms. The molecule has 2 aliphatic heterocycles. The van der Waals surface area contributed by atoms with Crippen LogP contribution in [0.3, 0.4) is 0 Å². The third-order valence-corrected chi connectivity index (χ3v) is 7.24. The topological polar surface area (TPSA) is 77.2 Å². The molecule has 0 saturated heterocycles. The molecule has 6 heteroatoms. The van der Waals surface area contributed by atoms with E-state index in [1.807, 2.05) is 42.5 Å². The lowest BCUT2D eigenvalue weighted by Gasteiger charge is -2.43. The van der Waals surface area contributed by atoms with Gasteiger partial charge in [0.2, 0.25) is 0 Å². The van der Waals surface area contributed by atoms with Gasteiger partial charge in [-0.2, -0.15) is 0 Å². The number of carbonyl (C=O) groups excluding carboxylic acids is 2. The van der Waals surface area contributed by atoms with E-state index in [0.29, 0.717) is 13.0 Å². The molecule has 1 atom stereocenters. The third kappa shape index (κ3) is 2.57. The molecule has 2 aromatic carbocycles. The van der Waals surface area contributed by atoms with E-state index in [1.165, 1.54) is 6.42 Å². The largest absolute Gasteiger partial charge is 0.355 e. The Hall–Kier alpha value is -3.28. The first-order valence-electron chi connectivity index (χ1n) is 11.3. The van der Waals surface area contributed by atoms with Crippen molar-refractivity contribution in [2.24, 2.45) is 0 Å². The molecule has 3 aliphatic rings. The standard InChI is InChI=1S/C25H26N4O2/c30-23-25(19-11-5-7-13-21(19)28-23)22-18(17-10-4-6-12-20(17)27-22)14-15-29(25)24(31)26-16-8-2-1-3-9-16/h4-7,10-13,16,27H,1-3,8-9,14-15H2,(H,26,31)(H,28,30)/t25-/m0/s1. The first-order chi connectivity index (χ1) is 15.2. The number of rotatable bonds is 1. The van der Waals surface area contributed by atoms with Crippen LogP contribution in [0.15, 0.2) is 48.5 Å². The quantitative estimate of drug-likeness (QED) is 0.556. The number of urea groups is 1. The van der Waals surface area contributed by atoms with Gasteiger partial charge in [-0.05, 0) is 37.0 Å². The highest BCUT2D eigenvalue weighted by molar-refractivity contribution is 6.11. The Morgan fingerprint density at radius 1 is 1.03 bits per heavy atom. The predicted molar refractivity (Wildman–Crippen MR) is 120 cm³/mol. The smallest absolute Gasteiger partial charge is 0.319 e. The van der Waals surface area contributed by atoms with Gasteiger partial charge in [0.25, 0.3) is 5.91 Å². The highest BCUT2D eigenvalue weighted by Gasteiger charge is 2.58. The minimum atomic E-state index is -1.18. The Balaban J connectivity index is 1.52. The molecule has 1 fully saturated rings. The second-order valence-electron chi connectivity index (χ2n) is 8.92. The van der Waals surface area contributed by atoms with Gasteiger partial charge in [-0.15, -0.1) is 0 Å². The number of carbonyl (C=O) groups is 2. The molecule has 1 spiro atoms. The lowest BCUT2D eigenvalue weighted by atomic mass is 9.80. The number of hydrogen-bond donors (Lipinski definition) is 3. The van der Waals surface area contributed by atoms with Gasteiger partial charge in [-0.25, -0.2) is 4.79 Å². The molecule has 6 rings (SSSR count). The summed E-state index contributed by atoms with van der Waals surface area (Å²) in [6.07, 6.45) is 6.25. The van der Waals surface area contributed by atoms with E-state index in [4.69, 9.17) is 0 Å². The van der Waals surface area contributed by atoms with Crippen molar-refractivity contribution in [1.82, 2.24) is 15.2 Å². The van der Waals surface area contributed by atoms with E-state index in [2.05, 4.69) is 21.7 Å². The molecule has 158 valence electrons. The molecule has 0 radical (unpaired) electrons. The summed E-state index contributed by atoms with van der Waals surface area (Å²) >= 11 is 0. The van der Waals surface area contributed by atoms with Crippen LogP contribution in [0.25, 0.3) is 10.9 Å². The van der Waals surface area contributed by atoms with Gasteiger partial charge in [-0.1, -0.05) is 55.7 Å². The molecular formula is C25H26N4O2. The number of anilines is 1. The third-order valence-electron chi connectivity index (χ3n) is 7.24. The number of aromatic amines is 1. The molecule has 3 aromatic rings. The summed E-state index contributed by atoms with van der Waals surface area (Å²) in [6, 6.07) is 15.9. The van der Waals surface area contributed by atoms with Crippen molar-refractivity contribution in [2.75, 3.05) is 11.9 Å². The molecule has 1 saturated carbocycles. The number of H-pyrrole nitrogens is 1. The van der Waals surface area contributed by atoms with Gasteiger partial charge in [-0.3, -0.25) is 4.79 Å². The zero-order chi connectivity index (χ0) is 21.0. The Morgan fingerprint density at radius 2 is 1.81 bits per heavy atom. The van der Waals surface area contributed by atoms with E-state index < -0.39 is 5.54 Å². The Morgan fingerprint density at radius 3 is 2.68 bits per heavy atom. The zero-order valence-electron chi connectivity index (χ0n) is 17.4. The van der Waals surface area contributed by atoms with Crippen LogP contribution in [0.4, 0.5) is 10.5 Å². The average Bonchev–Trinajstić information content (AvgIpc) is 3.31. The monoisotopic (exact) mass is 414 g/mol. The Labute approximate surface area is 181 Å². The summed E-state index contributed by atoms with van der Waals surface area (Å²) in [5.74, 6) is -0.167. The number of para-hydroxylation sites is 2. The lowest BCUT2D eigenvalue weighted by molar-refractivity contribution is -0.124. The van der Waals surface area contributed by atoms with Crippen LogP contribution in [-0.2, 0) is 16.8 Å². The van der Waals surface area contributed by atoms with Crippen molar-refractivity contribution in [1.29, 1.82) is 0 Å². The summed E-state index contributed by atoms with van der Waals surface area (Å²) in [5, 5.41) is 7.43. The van der Waals surface area contributed by atoms with Gasteiger partial charge in [0.05, 0.1) is 5.69 Å². The fraction of sp³-hybridized carbons (Fsp3) is 0.360. The maximum Gasteiger partial charge on any atom is 0.319 e. The van der Waals surface area contributed by atoms with Crippen molar-refractivity contribution in [3.8, 4) is 0 Å². The van der Waals surface area contributed by atoms with Crippen molar-refractivity contribution >= 4 is 28.5 Å². The SMILES string of the molecule is O=C(NC1CCCCC1)N1CCc2c([nH]c3ccccc23)[C@@]12C(=O)Nc1ccccc12. The number of benzene rings is 2. The fourth-order valence-corrected chi connectivity index (χ4v) is 5.81. The van der Waals surface area contributed by atoms with Crippen molar-refractivity contribution in [2.45, 2.75) is 50.1 Å². The first-order valence-corrected chi connectivity index (χ1v) is 11.3. The molecule has 1 aliphatic carbocycles. The molecule has 6 nitrogen and oxygen atoms in total. The first kappa shape index (κ1) is 18.5. The molecule has 0 unspecified atom stereocenters. The average molecular weight is 415 g/mol. The van der Waals surface area contributed by atoms with E-state index in [9.17, 15) is 9.59 Å². The molecule has 3 N–H and O–H groups in total. The van der Waals surface area contributed by atoms with E-state index in [1.54, 1.807) is 4.90 Å². The molecule has 3 heterocycles. The second-order valence-corrected chi connectivity index (χ2v) is 8.92. The number of nitrogens with zero attached hydrogens (tertiary/aromatic N) is 1. The number of fused-ring (bicyclic) bond motifs is 6. The summed E-state index contributed by atoms with van der Waals surface area (Å²) in [4.78, 5) is 32.6.